The number of carbonyl (C=O) groups is 1. The van der Waals surface area contributed by atoms with Crippen LogP contribution in [0.2, 0.25) is 0 Å². The van der Waals surface area contributed by atoms with Crippen molar-refractivity contribution in [2.45, 2.75) is 35.3 Å². The van der Waals surface area contributed by atoms with E-state index in [0.29, 0.717) is 12.4 Å². The lowest BCUT2D eigenvalue weighted by Crippen LogP contribution is -2.54. The number of hydrogen-bond donors (Lipinski definition) is 2. The number of sulfone groups is 1. The van der Waals surface area contributed by atoms with Gasteiger partial charge >= 0.3 is 0 Å². The molecule has 0 unspecified atom stereocenters. The van der Waals surface area contributed by atoms with E-state index in [4.69, 9.17) is 14.7 Å². The molecule has 164 valence electrons. The number of nitrogens with zero attached hydrogens (tertiary/aromatic N) is 1. The van der Waals surface area contributed by atoms with Gasteiger partial charge in [-0.1, -0.05) is 6.07 Å². The van der Waals surface area contributed by atoms with E-state index in [0.717, 1.165) is 18.4 Å². The molecular formula is C20H25ClN2O6S. The van der Waals surface area contributed by atoms with Crippen LogP contribution in [-0.4, -0.2) is 49.1 Å². The first kappa shape index (κ1) is 24.1. The van der Waals surface area contributed by atoms with E-state index < -0.39 is 20.5 Å². The predicted molar refractivity (Wildman–Crippen MR) is 112 cm³/mol. The fourth-order valence-corrected chi connectivity index (χ4v) is 5.31. The highest BCUT2D eigenvalue weighted by atomic mass is 35.5. The smallest absolute Gasteiger partial charge is 0.265 e. The Morgan fingerprint density at radius 2 is 1.90 bits per heavy atom. The fraction of sp³-hybridized carbons (Fsp3) is 0.400. The van der Waals surface area contributed by atoms with Crippen LogP contribution in [-0.2, 0) is 25.8 Å². The highest BCUT2D eigenvalue weighted by Crippen LogP contribution is 2.35. The first-order valence-corrected chi connectivity index (χ1v) is 10.9. The maximum Gasteiger partial charge on any atom is 0.265 e. The summed E-state index contributed by atoms with van der Waals surface area (Å²) in [6.45, 7) is 0.741. The lowest BCUT2D eigenvalue weighted by atomic mass is 9.98. The Labute approximate surface area is 181 Å². The summed E-state index contributed by atoms with van der Waals surface area (Å²) in [5.74, 6) is -0.390. The second kappa shape index (κ2) is 10.7. The molecule has 1 aromatic heterocycles. The Morgan fingerprint density at radius 1 is 1.20 bits per heavy atom. The molecule has 0 spiro atoms. The molecule has 1 aliphatic rings. The average molecular weight is 457 g/mol. The van der Waals surface area contributed by atoms with Crippen LogP contribution >= 0.6 is 12.4 Å². The van der Waals surface area contributed by atoms with Crippen molar-refractivity contribution in [3.05, 3.63) is 54.4 Å². The number of hydrogen-bond acceptors (Lipinski definition) is 7. The van der Waals surface area contributed by atoms with Gasteiger partial charge in [-0.2, -0.15) is 0 Å². The number of aryl methyl sites for hydroxylation is 1. The fourth-order valence-electron chi connectivity index (χ4n) is 3.37. The summed E-state index contributed by atoms with van der Waals surface area (Å²) in [5, 5.41) is 9.08. The van der Waals surface area contributed by atoms with Crippen molar-refractivity contribution in [3.63, 3.8) is 0 Å². The standard InChI is InChI=1S/C20H24N2O6S.ClH/c23-19(22-24)20(9-13-27-14-10-20)29(25,26)18-7-5-17(6-8-18)28-12-2-4-16-3-1-11-21-15-16;/h1,3,5-8,11,15,24H,2,4,9-10,12-14H2,(H,22,23);1H. The van der Waals surface area contributed by atoms with Crippen LogP contribution in [0.4, 0.5) is 0 Å². The zero-order valence-corrected chi connectivity index (χ0v) is 18.0. The molecule has 1 aromatic carbocycles. The average Bonchev–Trinajstić information content (AvgIpc) is 2.77. The zero-order chi connectivity index (χ0) is 20.7. The molecule has 0 saturated carbocycles. The number of benzene rings is 1. The van der Waals surface area contributed by atoms with Crippen LogP contribution in [0.25, 0.3) is 0 Å². The molecule has 0 bridgehead atoms. The Balaban J connectivity index is 0.00000320. The summed E-state index contributed by atoms with van der Waals surface area (Å²) in [6, 6.07) is 9.88. The topological polar surface area (TPSA) is 115 Å². The molecule has 0 aliphatic carbocycles. The number of aromatic nitrogens is 1. The Kier molecular flexibility index (Phi) is 8.60. The largest absolute Gasteiger partial charge is 0.494 e. The molecule has 0 radical (unpaired) electrons. The SMILES string of the molecule is Cl.O=C(NO)C1(S(=O)(=O)c2ccc(OCCCc3cccnc3)cc2)CCOCC1. The highest BCUT2D eigenvalue weighted by molar-refractivity contribution is 7.93. The van der Waals surface area contributed by atoms with Crippen LogP contribution in [0, 0.1) is 0 Å². The molecule has 2 N–H and O–H groups in total. The third-order valence-corrected chi connectivity index (χ3v) is 7.58. The number of ether oxygens (including phenoxy) is 2. The van der Waals surface area contributed by atoms with Crippen molar-refractivity contribution in [2.24, 2.45) is 0 Å². The van der Waals surface area contributed by atoms with Crippen molar-refractivity contribution in [2.75, 3.05) is 19.8 Å². The third-order valence-electron chi connectivity index (χ3n) is 5.07. The van der Waals surface area contributed by atoms with Gasteiger partial charge in [0.2, 0.25) is 0 Å². The van der Waals surface area contributed by atoms with Gasteiger partial charge in [0.15, 0.2) is 14.6 Å². The van der Waals surface area contributed by atoms with Gasteiger partial charge in [-0.25, -0.2) is 13.9 Å². The Hall–Kier alpha value is -2.20. The van der Waals surface area contributed by atoms with Crippen molar-refractivity contribution < 1.29 is 27.9 Å². The summed E-state index contributed by atoms with van der Waals surface area (Å²) in [6.07, 6.45) is 5.13. The first-order valence-electron chi connectivity index (χ1n) is 9.38. The van der Waals surface area contributed by atoms with E-state index >= 15 is 0 Å². The summed E-state index contributed by atoms with van der Waals surface area (Å²) in [7, 11) is -4.03. The van der Waals surface area contributed by atoms with Crippen LogP contribution in [0.1, 0.15) is 24.8 Å². The summed E-state index contributed by atoms with van der Waals surface area (Å²) < 4.78 is 35.5. The van der Waals surface area contributed by atoms with Gasteiger partial charge in [0.1, 0.15) is 5.75 Å². The number of rotatable bonds is 8. The number of halogens is 1. The molecule has 1 aliphatic heterocycles. The molecule has 30 heavy (non-hydrogen) atoms. The number of carbonyl (C=O) groups excluding carboxylic acids is 1. The van der Waals surface area contributed by atoms with Gasteiger partial charge in [0.05, 0.1) is 11.5 Å². The molecule has 10 heteroatoms. The van der Waals surface area contributed by atoms with E-state index in [1.807, 2.05) is 18.3 Å². The minimum absolute atomic E-state index is 0. The van der Waals surface area contributed by atoms with E-state index in [2.05, 4.69) is 4.98 Å². The van der Waals surface area contributed by atoms with Gasteiger partial charge < -0.3 is 9.47 Å². The van der Waals surface area contributed by atoms with Gasteiger partial charge in [-0.3, -0.25) is 15.0 Å². The Bertz CT molecular complexity index is 916. The molecule has 3 rings (SSSR count). The molecule has 8 nitrogen and oxygen atoms in total. The molecule has 1 fully saturated rings. The molecule has 2 heterocycles. The number of hydroxylamine groups is 1. The highest BCUT2D eigenvalue weighted by Gasteiger charge is 2.52. The van der Waals surface area contributed by atoms with Crippen molar-refractivity contribution in [1.29, 1.82) is 0 Å². The third kappa shape index (κ3) is 5.10. The lowest BCUT2D eigenvalue weighted by molar-refractivity contribution is -0.134. The van der Waals surface area contributed by atoms with Gasteiger partial charge in [0, 0.05) is 25.6 Å². The normalized spacial score (nSPS) is 15.6. The predicted octanol–water partition coefficient (Wildman–Crippen LogP) is 2.34. The summed E-state index contributed by atoms with van der Waals surface area (Å²) >= 11 is 0. The summed E-state index contributed by atoms with van der Waals surface area (Å²) in [4.78, 5) is 16.3. The van der Waals surface area contributed by atoms with E-state index in [1.165, 1.54) is 17.6 Å². The number of nitrogens with one attached hydrogen (secondary N) is 1. The first-order chi connectivity index (χ1) is 14.0. The minimum atomic E-state index is -4.03. The van der Waals surface area contributed by atoms with Crippen molar-refractivity contribution in [3.8, 4) is 5.75 Å². The van der Waals surface area contributed by atoms with E-state index in [1.54, 1.807) is 18.3 Å². The maximum atomic E-state index is 13.2. The Morgan fingerprint density at radius 3 is 2.50 bits per heavy atom. The second-order valence-electron chi connectivity index (χ2n) is 6.84. The second-order valence-corrected chi connectivity index (χ2v) is 9.10. The van der Waals surface area contributed by atoms with Crippen LogP contribution in [0.15, 0.2) is 53.7 Å². The maximum absolute atomic E-state index is 13.2. The van der Waals surface area contributed by atoms with E-state index in [-0.39, 0.29) is 43.4 Å². The molecule has 2 aromatic rings. The van der Waals surface area contributed by atoms with Gasteiger partial charge in [-0.15, -0.1) is 12.4 Å². The minimum Gasteiger partial charge on any atom is -0.494 e. The summed E-state index contributed by atoms with van der Waals surface area (Å²) in [5.41, 5.74) is 2.63. The van der Waals surface area contributed by atoms with Crippen LogP contribution in [0.5, 0.6) is 5.75 Å². The molecule has 1 saturated heterocycles. The zero-order valence-electron chi connectivity index (χ0n) is 16.3. The van der Waals surface area contributed by atoms with Gasteiger partial charge in [0.25, 0.3) is 5.91 Å². The number of pyridine rings is 1. The van der Waals surface area contributed by atoms with Crippen LogP contribution < -0.4 is 10.2 Å². The lowest BCUT2D eigenvalue weighted by Gasteiger charge is -2.34. The quantitative estimate of drug-likeness (QED) is 0.356. The van der Waals surface area contributed by atoms with Crippen LogP contribution in [0.3, 0.4) is 0 Å². The van der Waals surface area contributed by atoms with Crippen molar-refractivity contribution in [1.82, 2.24) is 10.5 Å². The molecule has 1 amide bonds. The number of amides is 1. The van der Waals surface area contributed by atoms with Crippen molar-refractivity contribution >= 4 is 28.2 Å². The van der Waals surface area contributed by atoms with Gasteiger partial charge in [-0.05, 0) is 61.6 Å². The molecular weight excluding hydrogens is 432 g/mol. The van der Waals surface area contributed by atoms with E-state index in [9.17, 15) is 13.2 Å². The molecule has 0 atom stereocenters. The monoisotopic (exact) mass is 456 g/mol.